The summed E-state index contributed by atoms with van der Waals surface area (Å²) in [6.45, 7) is 3.16. The first-order valence-corrected chi connectivity index (χ1v) is 16.3. The molecule has 43 heavy (non-hydrogen) atoms. The highest BCUT2D eigenvalue weighted by atomic mass is 32.2. The summed E-state index contributed by atoms with van der Waals surface area (Å²) < 4.78 is 38.0. The van der Waals surface area contributed by atoms with Crippen molar-refractivity contribution in [1.29, 1.82) is 0 Å². The van der Waals surface area contributed by atoms with Crippen LogP contribution in [0.2, 0.25) is 0 Å². The minimum atomic E-state index is -3.18. The third-order valence-corrected chi connectivity index (χ3v) is 8.89. The summed E-state index contributed by atoms with van der Waals surface area (Å²) in [7, 11) is -3.18. The van der Waals surface area contributed by atoms with E-state index >= 15 is 0 Å². The second-order valence-corrected chi connectivity index (χ2v) is 13.5. The van der Waals surface area contributed by atoms with Gasteiger partial charge in [-0.3, -0.25) is 15.0 Å². The van der Waals surface area contributed by atoms with Gasteiger partial charge in [0, 0.05) is 47.9 Å². The maximum Gasteiger partial charge on any atom is 0.178 e. The zero-order chi connectivity index (χ0) is 29.6. The SMILES string of the molecule is CS(=O)(=O)CCc1cc(F)cc(-c2ccnc3nc(-c4n[nH]c5ccc(-c6cncc(CN7CCCC7)c6)cc45)[nH]c23)c1. The molecule has 1 fully saturated rings. The lowest BCUT2D eigenvalue weighted by Gasteiger charge is -2.14. The Bertz CT molecular complexity index is 2080. The van der Waals surface area contributed by atoms with Gasteiger partial charge in [-0.1, -0.05) is 12.1 Å². The third kappa shape index (κ3) is 5.78. The number of likely N-dealkylation sites (tertiary alicyclic amines) is 1. The Labute approximate surface area is 248 Å². The predicted molar refractivity (Wildman–Crippen MR) is 166 cm³/mol. The number of hydrogen-bond donors (Lipinski definition) is 2. The molecule has 0 saturated carbocycles. The van der Waals surface area contributed by atoms with E-state index < -0.39 is 15.7 Å². The number of nitrogens with zero attached hydrogens (tertiary/aromatic N) is 5. The first-order chi connectivity index (χ1) is 20.8. The Balaban J connectivity index is 1.24. The van der Waals surface area contributed by atoms with Gasteiger partial charge >= 0.3 is 0 Å². The van der Waals surface area contributed by atoms with Crippen molar-refractivity contribution in [2.24, 2.45) is 0 Å². The molecule has 6 aromatic rings. The van der Waals surface area contributed by atoms with Crippen LogP contribution in [0.4, 0.5) is 4.39 Å². The number of aromatic nitrogens is 6. The molecule has 4 aromatic heterocycles. The lowest BCUT2D eigenvalue weighted by molar-refractivity contribution is 0.331. The number of aromatic amines is 2. The number of imidazole rings is 1. The van der Waals surface area contributed by atoms with Gasteiger partial charge in [-0.05, 0) is 91.0 Å². The maximum absolute atomic E-state index is 14.6. The van der Waals surface area contributed by atoms with Gasteiger partial charge in [-0.25, -0.2) is 22.8 Å². The molecule has 5 heterocycles. The monoisotopic (exact) mass is 595 g/mol. The van der Waals surface area contributed by atoms with Crippen LogP contribution in [0.25, 0.3) is 55.8 Å². The highest BCUT2D eigenvalue weighted by Crippen LogP contribution is 2.33. The minimum Gasteiger partial charge on any atom is -0.335 e. The van der Waals surface area contributed by atoms with Gasteiger partial charge in [0.1, 0.15) is 21.3 Å². The van der Waals surface area contributed by atoms with Crippen LogP contribution in [0.3, 0.4) is 0 Å². The van der Waals surface area contributed by atoms with Crippen LogP contribution in [0.5, 0.6) is 0 Å². The fourth-order valence-corrected chi connectivity index (χ4v) is 6.43. The lowest BCUT2D eigenvalue weighted by Crippen LogP contribution is -2.18. The zero-order valence-corrected chi connectivity index (χ0v) is 24.5. The van der Waals surface area contributed by atoms with Crippen molar-refractivity contribution in [2.75, 3.05) is 25.1 Å². The Morgan fingerprint density at radius 3 is 2.63 bits per heavy atom. The second kappa shape index (κ2) is 11.0. The van der Waals surface area contributed by atoms with Crippen LogP contribution < -0.4 is 0 Å². The second-order valence-electron chi connectivity index (χ2n) is 11.3. The number of nitrogens with one attached hydrogen (secondary N) is 2. The maximum atomic E-state index is 14.6. The van der Waals surface area contributed by atoms with Crippen LogP contribution in [0.15, 0.2) is 67.1 Å². The Morgan fingerprint density at radius 2 is 1.79 bits per heavy atom. The summed E-state index contributed by atoms with van der Waals surface area (Å²) in [5.74, 6) is 0.0477. The van der Waals surface area contributed by atoms with Crippen molar-refractivity contribution in [2.45, 2.75) is 25.8 Å². The number of pyridine rings is 2. The standard InChI is InChI=1S/C32H30FN7O2S/c1-43(41,42)11-7-20-12-23(15-25(33)14-20)26-6-8-35-31-29(26)36-32(37-31)30-27-16-22(4-5-28(27)38-39-30)24-13-21(17-34-18-24)19-40-9-2-3-10-40/h4-6,8,12-18H,2-3,7,9-11,19H2,1H3,(H,38,39)(H,35,36,37). The van der Waals surface area contributed by atoms with Crippen LogP contribution in [0, 0.1) is 5.82 Å². The van der Waals surface area contributed by atoms with Crippen LogP contribution in [-0.4, -0.2) is 68.5 Å². The molecular formula is C32H30FN7O2S. The van der Waals surface area contributed by atoms with Gasteiger partial charge in [0.25, 0.3) is 0 Å². The van der Waals surface area contributed by atoms with Crippen molar-refractivity contribution < 1.29 is 12.8 Å². The number of hydrogen-bond acceptors (Lipinski definition) is 7. The number of halogens is 1. The molecule has 1 saturated heterocycles. The summed E-state index contributed by atoms with van der Waals surface area (Å²) in [5.41, 5.74) is 7.83. The first kappa shape index (κ1) is 27.4. The molecule has 7 rings (SSSR count). The van der Waals surface area contributed by atoms with Crippen LogP contribution in [0.1, 0.15) is 24.0 Å². The number of fused-ring (bicyclic) bond motifs is 2. The van der Waals surface area contributed by atoms with E-state index in [0.717, 1.165) is 41.7 Å². The van der Waals surface area contributed by atoms with E-state index in [0.29, 0.717) is 39.4 Å². The summed E-state index contributed by atoms with van der Waals surface area (Å²) >= 11 is 0. The predicted octanol–water partition coefficient (Wildman–Crippen LogP) is 5.55. The van der Waals surface area contributed by atoms with Gasteiger partial charge in [0.2, 0.25) is 0 Å². The molecule has 0 unspecified atom stereocenters. The van der Waals surface area contributed by atoms with Gasteiger partial charge in [0.05, 0.1) is 16.8 Å². The van der Waals surface area contributed by atoms with Crippen molar-refractivity contribution in [3.63, 3.8) is 0 Å². The molecule has 0 spiro atoms. The minimum absolute atomic E-state index is 0.0527. The molecule has 2 N–H and O–H groups in total. The lowest BCUT2D eigenvalue weighted by atomic mass is 10.0. The fraction of sp³-hybridized carbons (Fsp3) is 0.250. The van der Waals surface area contributed by atoms with E-state index in [1.54, 1.807) is 12.3 Å². The van der Waals surface area contributed by atoms with Crippen LogP contribution in [-0.2, 0) is 22.8 Å². The van der Waals surface area contributed by atoms with Gasteiger partial charge < -0.3 is 4.98 Å². The smallest absolute Gasteiger partial charge is 0.178 e. The number of rotatable bonds is 8. The van der Waals surface area contributed by atoms with E-state index in [9.17, 15) is 12.8 Å². The average Bonchev–Trinajstić information content (AvgIpc) is 3.75. The molecule has 0 aliphatic carbocycles. The summed E-state index contributed by atoms with van der Waals surface area (Å²) in [6.07, 6.45) is 9.36. The molecular weight excluding hydrogens is 565 g/mol. The van der Waals surface area contributed by atoms with Gasteiger partial charge in [-0.2, -0.15) is 5.10 Å². The molecule has 0 radical (unpaired) electrons. The van der Waals surface area contributed by atoms with E-state index in [-0.39, 0.29) is 12.2 Å². The molecule has 0 amide bonds. The van der Waals surface area contributed by atoms with E-state index in [1.807, 2.05) is 24.5 Å². The first-order valence-electron chi connectivity index (χ1n) is 14.3. The Hall–Kier alpha value is -4.48. The fourth-order valence-electron chi connectivity index (χ4n) is 5.82. The number of benzene rings is 2. The average molecular weight is 596 g/mol. The van der Waals surface area contributed by atoms with Crippen molar-refractivity contribution >= 4 is 31.9 Å². The third-order valence-electron chi connectivity index (χ3n) is 7.94. The van der Waals surface area contributed by atoms with Crippen molar-refractivity contribution in [3.8, 4) is 33.8 Å². The summed E-state index contributed by atoms with van der Waals surface area (Å²) in [4.78, 5) is 19.5. The molecule has 218 valence electrons. The molecule has 1 aliphatic heterocycles. The molecule has 0 bridgehead atoms. The van der Waals surface area contributed by atoms with Gasteiger partial charge in [0.15, 0.2) is 11.5 Å². The van der Waals surface area contributed by atoms with Crippen molar-refractivity contribution in [1.82, 2.24) is 35.0 Å². The van der Waals surface area contributed by atoms with Crippen LogP contribution >= 0.6 is 0 Å². The summed E-state index contributed by atoms with van der Waals surface area (Å²) in [6, 6.07) is 14.8. The number of aryl methyl sites for hydroxylation is 1. The Morgan fingerprint density at radius 1 is 0.953 bits per heavy atom. The van der Waals surface area contributed by atoms with E-state index in [2.05, 4.69) is 48.2 Å². The summed E-state index contributed by atoms with van der Waals surface area (Å²) in [5, 5.41) is 8.58. The molecule has 11 heteroatoms. The topological polar surface area (TPSA) is 121 Å². The molecule has 9 nitrogen and oxygen atoms in total. The number of H-pyrrole nitrogens is 2. The Kier molecular flexibility index (Phi) is 6.98. The molecule has 2 aromatic carbocycles. The highest BCUT2D eigenvalue weighted by Gasteiger charge is 2.18. The van der Waals surface area contributed by atoms with E-state index in [1.165, 1.54) is 36.8 Å². The van der Waals surface area contributed by atoms with Crippen molar-refractivity contribution in [3.05, 3.63) is 84.1 Å². The quantitative estimate of drug-likeness (QED) is 0.237. The largest absolute Gasteiger partial charge is 0.335 e. The zero-order valence-electron chi connectivity index (χ0n) is 23.6. The van der Waals surface area contributed by atoms with Gasteiger partial charge in [-0.15, -0.1) is 0 Å². The van der Waals surface area contributed by atoms with E-state index in [4.69, 9.17) is 4.98 Å². The number of sulfone groups is 1. The highest BCUT2D eigenvalue weighted by molar-refractivity contribution is 7.90. The molecule has 0 atom stereocenters. The molecule has 1 aliphatic rings. The normalized spacial score (nSPS) is 14.3.